The summed E-state index contributed by atoms with van der Waals surface area (Å²) in [7, 11) is 0. The first-order valence-electron chi connectivity index (χ1n) is 8.89. The second-order valence-electron chi connectivity index (χ2n) is 6.49. The summed E-state index contributed by atoms with van der Waals surface area (Å²) in [6.45, 7) is 0.598. The van der Waals surface area contributed by atoms with Crippen LogP contribution in [-0.2, 0) is 17.6 Å². The highest BCUT2D eigenvalue weighted by Gasteiger charge is 2.31. The highest BCUT2D eigenvalue weighted by atomic mass is 32.2. The van der Waals surface area contributed by atoms with Gasteiger partial charge in [0.15, 0.2) is 0 Å². The zero-order valence-electron chi connectivity index (χ0n) is 14.7. The number of nitrogens with one attached hydrogen (secondary N) is 1. The van der Waals surface area contributed by atoms with E-state index >= 15 is 0 Å². The number of fused-ring (bicyclic) bond motifs is 1. The van der Waals surface area contributed by atoms with E-state index in [1.807, 2.05) is 30.3 Å². The Labute approximate surface area is 161 Å². The van der Waals surface area contributed by atoms with Gasteiger partial charge in [-0.1, -0.05) is 54.6 Å². The predicted octanol–water partition coefficient (Wildman–Crippen LogP) is 4.36. The molecule has 1 N–H and O–H groups in total. The second kappa shape index (κ2) is 7.84. The molecule has 5 heteroatoms. The van der Waals surface area contributed by atoms with Gasteiger partial charge in [0.2, 0.25) is 5.12 Å². The Bertz CT molecular complexity index is 979. The lowest BCUT2D eigenvalue weighted by Gasteiger charge is -2.10. The van der Waals surface area contributed by atoms with Gasteiger partial charge >= 0.3 is 0 Å². The Kier molecular flexibility index (Phi) is 5.12. The van der Waals surface area contributed by atoms with Crippen LogP contribution in [0.25, 0.3) is 10.8 Å². The number of amides is 1. The van der Waals surface area contributed by atoms with Gasteiger partial charge < -0.3 is 10.1 Å². The number of hydrogen-bond acceptors (Lipinski definition) is 4. The van der Waals surface area contributed by atoms with E-state index in [1.165, 1.54) is 16.3 Å². The van der Waals surface area contributed by atoms with E-state index in [1.54, 1.807) is 0 Å². The van der Waals surface area contributed by atoms with Crippen LogP contribution in [0.2, 0.25) is 0 Å². The zero-order chi connectivity index (χ0) is 18.6. The van der Waals surface area contributed by atoms with Crippen LogP contribution >= 0.6 is 11.8 Å². The number of carbonyl (C=O) groups excluding carboxylic acids is 2. The summed E-state index contributed by atoms with van der Waals surface area (Å²) >= 11 is 0.747. The minimum atomic E-state index is -0.430. The van der Waals surface area contributed by atoms with Crippen LogP contribution in [-0.4, -0.2) is 23.0 Å². The molecule has 1 atom stereocenters. The van der Waals surface area contributed by atoms with Crippen molar-refractivity contribution < 1.29 is 14.3 Å². The molecule has 1 amide bonds. The summed E-state index contributed by atoms with van der Waals surface area (Å²) in [4.78, 5) is 22.9. The van der Waals surface area contributed by atoms with Crippen molar-refractivity contribution >= 4 is 32.9 Å². The fourth-order valence-corrected chi connectivity index (χ4v) is 3.94. The van der Waals surface area contributed by atoms with Gasteiger partial charge in [0, 0.05) is 24.6 Å². The molecule has 27 heavy (non-hydrogen) atoms. The quantitative estimate of drug-likeness (QED) is 0.694. The van der Waals surface area contributed by atoms with Crippen molar-refractivity contribution in [2.24, 2.45) is 0 Å². The van der Waals surface area contributed by atoms with E-state index in [4.69, 9.17) is 4.74 Å². The van der Waals surface area contributed by atoms with E-state index in [0.717, 1.165) is 29.5 Å². The van der Waals surface area contributed by atoms with Crippen LogP contribution < -0.4 is 10.1 Å². The standard InChI is InChI=1S/C22H19NO3S/c24-21-20(23-22(25)27-21)14-15-8-10-18(11-9-15)26-13-12-17-6-3-5-16-4-1-2-7-19(16)17/h1-11,20H,12-14H2,(H,23,25). The molecule has 0 bridgehead atoms. The summed E-state index contributed by atoms with van der Waals surface area (Å²) in [6.07, 6.45) is 1.34. The lowest BCUT2D eigenvalue weighted by atomic mass is 10.0. The molecule has 3 aromatic rings. The van der Waals surface area contributed by atoms with Gasteiger partial charge in [-0.3, -0.25) is 9.59 Å². The summed E-state index contributed by atoms with van der Waals surface area (Å²) in [5, 5.41) is 4.80. The third-order valence-electron chi connectivity index (χ3n) is 4.65. The third-order valence-corrected chi connectivity index (χ3v) is 5.44. The normalized spacial score (nSPS) is 16.5. The first kappa shape index (κ1) is 17.6. The molecule has 0 saturated carbocycles. The minimum absolute atomic E-state index is 0.115. The maximum absolute atomic E-state index is 11.7. The highest BCUT2D eigenvalue weighted by molar-refractivity contribution is 8.26. The third kappa shape index (κ3) is 4.14. The molecule has 4 nitrogen and oxygen atoms in total. The first-order chi connectivity index (χ1) is 13.2. The smallest absolute Gasteiger partial charge is 0.287 e. The van der Waals surface area contributed by atoms with Crippen molar-refractivity contribution in [1.29, 1.82) is 0 Å². The van der Waals surface area contributed by atoms with Crippen LogP contribution in [0.15, 0.2) is 66.7 Å². The van der Waals surface area contributed by atoms with Crippen molar-refractivity contribution in [2.45, 2.75) is 18.9 Å². The molecule has 1 unspecified atom stereocenters. The number of rotatable bonds is 6. The van der Waals surface area contributed by atoms with Crippen molar-refractivity contribution in [3.63, 3.8) is 0 Å². The van der Waals surface area contributed by atoms with Gasteiger partial charge in [-0.05, 0) is 34.0 Å². The molecule has 0 aliphatic carbocycles. The Morgan fingerprint density at radius 1 is 0.926 bits per heavy atom. The number of thioether (sulfide) groups is 1. The average molecular weight is 377 g/mol. The molecule has 1 saturated heterocycles. The van der Waals surface area contributed by atoms with Gasteiger partial charge in [-0.2, -0.15) is 0 Å². The molecule has 1 aliphatic heterocycles. The van der Waals surface area contributed by atoms with Gasteiger partial charge in [0.1, 0.15) is 11.8 Å². The molecular weight excluding hydrogens is 358 g/mol. The molecule has 0 radical (unpaired) electrons. The highest BCUT2D eigenvalue weighted by Crippen LogP contribution is 2.21. The van der Waals surface area contributed by atoms with Crippen LogP contribution in [0.4, 0.5) is 4.79 Å². The average Bonchev–Trinajstić information content (AvgIpc) is 3.00. The number of carbonyl (C=O) groups is 2. The lowest BCUT2D eigenvalue weighted by Crippen LogP contribution is -2.30. The van der Waals surface area contributed by atoms with Crippen LogP contribution in [0, 0.1) is 0 Å². The molecular formula is C22H19NO3S. The first-order valence-corrected chi connectivity index (χ1v) is 9.71. The van der Waals surface area contributed by atoms with Gasteiger partial charge in [-0.25, -0.2) is 0 Å². The van der Waals surface area contributed by atoms with E-state index in [9.17, 15) is 9.59 Å². The Morgan fingerprint density at radius 3 is 2.48 bits per heavy atom. The molecule has 4 rings (SSSR count). The molecule has 3 aromatic carbocycles. The van der Waals surface area contributed by atoms with Crippen LogP contribution in [0.5, 0.6) is 5.75 Å². The van der Waals surface area contributed by atoms with Gasteiger partial charge in [-0.15, -0.1) is 0 Å². The zero-order valence-corrected chi connectivity index (χ0v) is 15.5. The topological polar surface area (TPSA) is 55.4 Å². The second-order valence-corrected chi connectivity index (χ2v) is 7.47. The van der Waals surface area contributed by atoms with Crippen molar-refractivity contribution in [2.75, 3.05) is 6.61 Å². The van der Waals surface area contributed by atoms with Gasteiger partial charge in [0.25, 0.3) is 5.24 Å². The number of hydrogen-bond donors (Lipinski definition) is 1. The molecule has 0 aromatic heterocycles. The predicted molar refractivity (Wildman–Crippen MR) is 108 cm³/mol. The Hall–Kier alpha value is -2.79. The van der Waals surface area contributed by atoms with E-state index in [-0.39, 0.29) is 10.4 Å². The lowest BCUT2D eigenvalue weighted by molar-refractivity contribution is -0.112. The molecule has 1 heterocycles. The van der Waals surface area contributed by atoms with Crippen LogP contribution in [0.3, 0.4) is 0 Å². The number of ether oxygens (including phenoxy) is 1. The fourth-order valence-electron chi connectivity index (χ4n) is 3.27. The molecule has 1 fully saturated rings. The molecule has 136 valence electrons. The molecule has 0 spiro atoms. The fraction of sp³-hybridized carbons (Fsp3) is 0.182. The minimum Gasteiger partial charge on any atom is -0.493 e. The van der Waals surface area contributed by atoms with E-state index < -0.39 is 6.04 Å². The van der Waals surface area contributed by atoms with Crippen molar-refractivity contribution in [1.82, 2.24) is 5.32 Å². The van der Waals surface area contributed by atoms with Crippen molar-refractivity contribution in [3.8, 4) is 5.75 Å². The van der Waals surface area contributed by atoms with Gasteiger partial charge in [0.05, 0.1) is 6.61 Å². The summed E-state index contributed by atoms with van der Waals surface area (Å²) in [5.74, 6) is 0.801. The van der Waals surface area contributed by atoms with E-state index in [2.05, 4.69) is 41.7 Å². The Balaban J connectivity index is 1.34. The largest absolute Gasteiger partial charge is 0.493 e. The number of benzene rings is 3. The summed E-state index contributed by atoms with van der Waals surface area (Å²) < 4.78 is 5.88. The summed E-state index contributed by atoms with van der Waals surface area (Å²) in [6, 6.07) is 22.0. The molecule has 1 aliphatic rings. The Morgan fingerprint density at radius 2 is 1.70 bits per heavy atom. The summed E-state index contributed by atoms with van der Waals surface area (Å²) in [5.41, 5.74) is 2.27. The maximum atomic E-state index is 11.7. The SMILES string of the molecule is O=C1NC(Cc2ccc(OCCc3cccc4ccccc34)cc2)C(=O)S1. The van der Waals surface area contributed by atoms with Crippen LogP contribution in [0.1, 0.15) is 11.1 Å². The van der Waals surface area contributed by atoms with Crippen molar-refractivity contribution in [3.05, 3.63) is 77.9 Å². The monoisotopic (exact) mass is 377 g/mol. The van der Waals surface area contributed by atoms with E-state index in [0.29, 0.717) is 13.0 Å². The maximum Gasteiger partial charge on any atom is 0.287 e.